The van der Waals surface area contributed by atoms with Gasteiger partial charge in [0.15, 0.2) is 6.04 Å². The van der Waals surface area contributed by atoms with Crippen LogP contribution in [-0.4, -0.2) is 28.7 Å². The van der Waals surface area contributed by atoms with Crippen LogP contribution in [0.1, 0.15) is 45.7 Å². The highest BCUT2D eigenvalue weighted by atomic mass is 19.4. The van der Waals surface area contributed by atoms with Crippen molar-refractivity contribution in [3.8, 4) is 5.75 Å². The normalized spacial score (nSPS) is 19.7. The van der Waals surface area contributed by atoms with Crippen molar-refractivity contribution in [1.29, 1.82) is 0 Å². The molecule has 4 nitrogen and oxygen atoms in total. The first-order valence-electron chi connectivity index (χ1n) is 7.43. The molecule has 0 radical (unpaired) electrons. The molecule has 0 aliphatic carbocycles. The van der Waals surface area contributed by atoms with Crippen molar-refractivity contribution < 1.29 is 22.7 Å². The van der Waals surface area contributed by atoms with Gasteiger partial charge in [0.05, 0.1) is 6.10 Å². The van der Waals surface area contributed by atoms with Crippen LogP contribution in [0.5, 0.6) is 5.75 Å². The van der Waals surface area contributed by atoms with Gasteiger partial charge in [0.1, 0.15) is 5.75 Å². The third-order valence-electron chi connectivity index (χ3n) is 3.63. The molecule has 1 amide bonds. The maximum atomic E-state index is 13.8. The molecule has 1 unspecified atom stereocenters. The van der Waals surface area contributed by atoms with Gasteiger partial charge in [-0.15, -0.1) is 0 Å². The van der Waals surface area contributed by atoms with Gasteiger partial charge in [-0.05, 0) is 33.8 Å². The number of amides is 1. The van der Waals surface area contributed by atoms with Crippen LogP contribution in [0.4, 0.5) is 13.2 Å². The zero-order valence-electron chi connectivity index (χ0n) is 13.6. The van der Waals surface area contributed by atoms with Crippen LogP contribution in [0.2, 0.25) is 0 Å². The van der Waals surface area contributed by atoms with Gasteiger partial charge < -0.3 is 4.74 Å². The number of hydrogen-bond acceptors (Lipinski definition) is 3. The second-order valence-corrected chi connectivity index (χ2v) is 6.54. The number of nitrogens with one attached hydrogen (secondary N) is 1. The molecule has 0 bridgehead atoms. The van der Waals surface area contributed by atoms with Gasteiger partial charge in [-0.2, -0.15) is 18.2 Å². The minimum absolute atomic E-state index is 0.00673. The summed E-state index contributed by atoms with van der Waals surface area (Å²) in [6.45, 7) is 6.72. The molecule has 1 aliphatic rings. The number of halogens is 3. The second-order valence-electron chi connectivity index (χ2n) is 6.54. The highest BCUT2D eigenvalue weighted by Crippen LogP contribution is 2.45. The Labute approximate surface area is 133 Å². The van der Waals surface area contributed by atoms with E-state index in [1.807, 2.05) is 0 Å². The first-order chi connectivity index (χ1) is 10.5. The quantitative estimate of drug-likeness (QED) is 0.917. The topological polar surface area (TPSA) is 41.6 Å². The molecule has 1 fully saturated rings. The fourth-order valence-electron chi connectivity index (χ4n) is 2.75. The maximum absolute atomic E-state index is 13.8. The van der Waals surface area contributed by atoms with E-state index in [1.54, 1.807) is 33.8 Å². The molecule has 1 heterocycles. The predicted octanol–water partition coefficient (Wildman–Crippen LogP) is 3.59. The monoisotopic (exact) mass is 330 g/mol. The number of carbonyl (C=O) groups excluding carboxylic acids is 1. The molecule has 1 saturated heterocycles. The number of nitrogens with zero attached hydrogens (tertiary/aromatic N) is 1. The summed E-state index contributed by atoms with van der Waals surface area (Å²) in [4.78, 5) is 11.6. The Bertz CT molecular complexity index is 585. The Balaban J connectivity index is 2.51. The van der Waals surface area contributed by atoms with Crippen LogP contribution >= 0.6 is 0 Å². The lowest BCUT2D eigenvalue weighted by Gasteiger charge is -2.38. The van der Waals surface area contributed by atoms with E-state index >= 15 is 0 Å². The summed E-state index contributed by atoms with van der Waals surface area (Å²) in [6, 6.07) is 4.09. The molecule has 128 valence electrons. The fourth-order valence-corrected chi connectivity index (χ4v) is 2.75. The molecule has 23 heavy (non-hydrogen) atoms. The molecule has 0 spiro atoms. The molecule has 7 heteroatoms. The first kappa shape index (κ1) is 17.6. The van der Waals surface area contributed by atoms with Gasteiger partial charge >= 0.3 is 6.18 Å². The van der Waals surface area contributed by atoms with Gasteiger partial charge in [0, 0.05) is 17.5 Å². The Kier molecular flexibility index (Phi) is 4.61. The number of benzene rings is 1. The summed E-state index contributed by atoms with van der Waals surface area (Å²) in [5.41, 5.74) is 1.38. The zero-order valence-corrected chi connectivity index (χ0v) is 13.6. The molecule has 0 saturated carbocycles. The van der Waals surface area contributed by atoms with E-state index in [1.165, 1.54) is 18.2 Å². The number of hydrogen-bond donors (Lipinski definition) is 1. The summed E-state index contributed by atoms with van der Waals surface area (Å²) in [5.74, 6) is -0.256. The van der Waals surface area contributed by atoms with Crippen molar-refractivity contribution in [3.63, 3.8) is 0 Å². The van der Waals surface area contributed by atoms with Crippen LogP contribution < -0.4 is 10.2 Å². The van der Waals surface area contributed by atoms with Crippen LogP contribution in [0, 0.1) is 0 Å². The predicted molar refractivity (Wildman–Crippen MR) is 79.7 cm³/mol. The van der Waals surface area contributed by atoms with Gasteiger partial charge in [-0.1, -0.05) is 18.2 Å². The number of para-hydroxylation sites is 1. The third-order valence-corrected chi connectivity index (χ3v) is 3.63. The lowest BCUT2D eigenvalue weighted by molar-refractivity contribution is -0.204. The van der Waals surface area contributed by atoms with E-state index in [9.17, 15) is 18.0 Å². The average molecular weight is 330 g/mol. The Morgan fingerprint density at radius 2 is 1.87 bits per heavy atom. The van der Waals surface area contributed by atoms with Crippen LogP contribution in [0.15, 0.2) is 24.3 Å². The minimum Gasteiger partial charge on any atom is -0.491 e. The third kappa shape index (κ3) is 3.77. The molecule has 1 aromatic carbocycles. The molecular weight excluding hydrogens is 309 g/mol. The average Bonchev–Trinajstić information content (AvgIpc) is 2.62. The molecule has 1 N–H and O–H groups in total. The lowest BCUT2D eigenvalue weighted by atomic mass is 9.96. The fraction of sp³-hybridized carbons (Fsp3) is 0.562. The Morgan fingerprint density at radius 1 is 1.26 bits per heavy atom. The van der Waals surface area contributed by atoms with Crippen molar-refractivity contribution in [3.05, 3.63) is 29.8 Å². The number of ether oxygens (including phenoxy) is 1. The smallest absolute Gasteiger partial charge is 0.410 e. The SMILES string of the molecule is CC(C)Oc1ccccc1C(N1NC(=O)CC1(C)C)C(F)(F)F. The number of alkyl halides is 3. The molecular formula is C16H21F3N2O2. The number of hydrazine groups is 1. The van der Waals surface area contributed by atoms with Crippen molar-refractivity contribution in [1.82, 2.24) is 10.4 Å². The van der Waals surface area contributed by atoms with E-state index in [0.29, 0.717) is 0 Å². The van der Waals surface area contributed by atoms with E-state index in [4.69, 9.17) is 4.74 Å². The Hall–Kier alpha value is -1.76. The molecule has 1 aromatic rings. The van der Waals surface area contributed by atoms with Gasteiger partial charge in [-0.3, -0.25) is 10.2 Å². The molecule has 1 aliphatic heterocycles. The Morgan fingerprint density at radius 3 is 2.35 bits per heavy atom. The largest absolute Gasteiger partial charge is 0.491 e. The van der Waals surface area contributed by atoms with Gasteiger partial charge in [0.25, 0.3) is 0 Å². The van der Waals surface area contributed by atoms with Crippen molar-refractivity contribution in [2.75, 3.05) is 0 Å². The van der Waals surface area contributed by atoms with Crippen LogP contribution in [-0.2, 0) is 4.79 Å². The summed E-state index contributed by atoms with van der Waals surface area (Å²) in [7, 11) is 0. The first-order valence-corrected chi connectivity index (χ1v) is 7.43. The lowest BCUT2D eigenvalue weighted by Crippen LogP contribution is -2.51. The van der Waals surface area contributed by atoms with Crippen LogP contribution in [0.25, 0.3) is 0 Å². The summed E-state index contributed by atoms with van der Waals surface area (Å²) in [6.07, 6.45) is -4.82. The molecule has 2 rings (SSSR count). The van der Waals surface area contributed by atoms with E-state index < -0.39 is 23.7 Å². The van der Waals surface area contributed by atoms with Crippen molar-refractivity contribution in [2.45, 2.75) is 58.0 Å². The summed E-state index contributed by atoms with van der Waals surface area (Å²) >= 11 is 0. The second kappa shape index (κ2) is 6.03. The summed E-state index contributed by atoms with van der Waals surface area (Å²) < 4.78 is 46.9. The standard InChI is InChI=1S/C16H21F3N2O2/c1-10(2)23-12-8-6-5-7-11(12)14(16(17,18)19)21-15(3,4)9-13(22)20-21/h5-8,10,14H,9H2,1-4H3,(H,20,22). The minimum atomic E-state index is -4.56. The zero-order chi connectivity index (χ0) is 17.4. The summed E-state index contributed by atoms with van der Waals surface area (Å²) in [5, 5.41) is 0.984. The molecule has 0 aromatic heterocycles. The van der Waals surface area contributed by atoms with Gasteiger partial charge in [0.2, 0.25) is 5.91 Å². The van der Waals surface area contributed by atoms with Crippen molar-refractivity contribution >= 4 is 5.91 Å². The highest BCUT2D eigenvalue weighted by Gasteiger charge is 2.53. The highest BCUT2D eigenvalue weighted by molar-refractivity contribution is 5.79. The van der Waals surface area contributed by atoms with E-state index in [-0.39, 0.29) is 23.8 Å². The number of carbonyl (C=O) groups is 1. The molecule has 1 atom stereocenters. The van der Waals surface area contributed by atoms with Crippen LogP contribution in [0.3, 0.4) is 0 Å². The van der Waals surface area contributed by atoms with E-state index in [0.717, 1.165) is 5.01 Å². The van der Waals surface area contributed by atoms with Gasteiger partial charge in [-0.25, -0.2) is 0 Å². The number of rotatable bonds is 4. The van der Waals surface area contributed by atoms with Crippen molar-refractivity contribution in [2.24, 2.45) is 0 Å². The van der Waals surface area contributed by atoms with E-state index in [2.05, 4.69) is 5.43 Å². The maximum Gasteiger partial charge on any atom is 0.410 e.